The lowest BCUT2D eigenvalue weighted by Gasteiger charge is -2.23. The summed E-state index contributed by atoms with van der Waals surface area (Å²) >= 11 is 0. The average molecular weight is 349 g/mol. The van der Waals surface area contributed by atoms with Gasteiger partial charge in [-0.2, -0.15) is 0 Å². The lowest BCUT2D eigenvalue weighted by Crippen LogP contribution is -2.43. The van der Waals surface area contributed by atoms with Gasteiger partial charge in [-0.1, -0.05) is 43.9 Å². The van der Waals surface area contributed by atoms with Gasteiger partial charge < -0.3 is 5.32 Å². The van der Waals surface area contributed by atoms with Crippen LogP contribution in [0.5, 0.6) is 0 Å². The second-order valence-corrected chi connectivity index (χ2v) is 7.56. The molecule has 1 N–H and O–H groups in total. The fraction of sp³-hybridized carbons (Fsp3) is 0.500. The highest BCUT2D eigenvalue weighted by Gasteiger charge is 2.31. The zero-order valence-corrected chi connectivity index (χ0v) is 14.4. The fourth-order valence-corrected chi connectivity index (χ4v) is 3.86. The molecular weight excluding hydrogens is 327 g/mol. The number of carbonyl (C=O) groups is 2. The smallest absolute Gasteiger partial charge is 0.334 e. The van der Waals surface area contributed by atoms with Crippen LogP contribution in [0.3, 0.4) is 0 Å². The average Bonchev–Trinajstić information content (AvgIpc) is 2.53. The summed E-state index contributed by atoms with van der Waals surface area (Å²) < 4.78 is 25.7. The van der Waals surface area contributed by atoms with Crippen LogP contribution in [-0.4, -0.2) is 37.5 Å². The first kappa shape index (κ1) is 18.5. The number of nitrogens with one attached hydrogen (secondary N) is 1. The van der Waals surface area contributed by atoms with Crippen LogP contribution in [0.25, 0.3) is 0 Å². The number of hydrogen-bond donors (Lipinski definition) is 1. The van der Waals surface area contributed by atoms with Crippen molar-refractivity contribution in [2.75, 3.05) is 11.9 Å². The van der Waals surface area contributed by atoms with Gasteiger partial charge in [0, 0.05) is 18.7 Å². The third kappa shape index (κ3) is 5.67. The molecule has 0 aromatic heterocycles. The highest BCUT2D eigenvalue weighted by molar-refractivity contribution is 8.16. The van der Waals surface area contributed by atoms with Gasteiger partial charge in [-0.25, -0.2) is 12.7 Å². The predicted molar refractivity (Wildman–Crippen MR) is 94.2 cm³/mol. The van der Waals surface area contributed by atoms with E-state index in [0.717, 1.165) is 30.0 Å². The maximum Gasteiger partial charge on any atom is 0.423 e. The molecule has 8 heteroatoms. The standard InChI is InChI=1S/C16H22BN2O4S/c20-15-12-8-3-1-2-4-9-13-19(15)24(22,23)17-16(21)18-14-10-6-5-7-11-14/h5-7,10-11H,1-4,8-9,12-13H2,(H,18,21). The number of anilines is 1. The van der Waals surface area contributed by atoms with Crippen molar-refractivity contribution >= 4 is 33.8 Å². The summed E-state index contributed by atoms with van der Waals surface area (Å²) in [7, 11) is -4.07. The van der Waals surface area contributed by atoms with Gasteiger partial charge in [0.25, 0.3) is 0 Å². The molecule has 1 aliphatic heterocycles. The summed E-state index contributed by atoms with van der Waals surface area (Å²) in [6.07, 6.45) is 5.44. The number of rotatable bonds is 4. The van der Waals surface area contributed by atoms with Crippen molar-refractivity contribution in [3.05, 3.63) is 30.3 Å². The zero-order chi connectivity index (χ0) is 17.4. The van der Waals surface area contributed by atoms with E-state index in [1.165, 1.54) is 0 Å². The molecule has 0 atom stereocenters. The monoisotopic (exact) mass is 349 g/mol. The predicted octanol–water partition coefficient (Wildman–Crippen LogP) is 2.74. The van der Waals surface area contributed by atoms with Crippen LogP contribution in [0.1, 0.15) is 44.9 Å². The molecule has 1 aromatic rings. The maximum atomic E-state index is 12.4. The van der Waals surface area contributed by atoms with E-state index in [-0.39, 0.29) is 13.0 Å². The highest BCUT2D eigenvalue weighted by atomic mass is 32.2. The first-order valence-corrected chi connectivity index (χ1v) is 9.76. The summed E-state index contributed by atoms with van der Waals surface area (Å²) in [5.74, 6) is -1.19. The lowest BCUT2D eigenvalue weighted by atomic mass is 10.1. The first-order valence-electron chi connectivity index (χ1n) is 8.25. The van der Waals surface area contributed by atoms with E-state index in [1.807, 2.05) is 0 Å². The Morgan fingerprint density at radius 2 is 1.62 bits per heavy atom. The van der Waals surface area contributed by atoms with Crippen LogP contribution in [0, 0.1) is 0 Å². The zero-order valence-electron chi connectivity index (χ0n) is 13.6. The molecule has 6 nitrogen and oxygen atoms in total. The van der Waals surface area contributed by atoms with Crippen LogP contribution >= 0.6 is 0 Å². The number of carbonyl (C=O) groups excluding carboxylic acids is 2. The molecule has 0 bridgehead atoms. The second-order valence-electron chi connectivity index (χ2n) is 5.86. The normalized spacial score (nSPS) is 17.2. The van der Waals surface area contributed by atoms with E-state index in [9.17, 15) is 18.0 Å². The van der Waals surface area contributed by atoms with Gasteiger partial charge >= 0.3 is 6.56 Å². The van der Waals surface area contributed by atoms with E-state index < -0.39 is 21.6 Å². The van der Waals surface area contributed by atoms with Crippen LogP contribution in [0.4, 0.5) is 10.5 Å². The minimum absolute atomic E-state index is 0.135. The van der Waals surface area contributed by atoms with Crippen molar-refractivity contribution < 1.29 is 18.0 Å². The number of benzene rings is 1. The van der Waals surface area contributed by atoms with Gasteiger partial charge in [-0.05, 0) is 25.0 Å². The van der Waals surface area contributed by atoms with Gasteiger partial charge in [-0.15, -0.1) is 0 Å². The maximum absolute atomic E-state index is 12.4. The minimum Gasteiger partial charge on any atom is -0.334 e. The quantitative estimate of drug-likeness (QED) is 0.847. The molecule has 0 aliphatic carbocycles. The van der Waals surface area contributed by atoms with Gasteiger partial charge in [-0.3, -0.25) is 9.59 Å². The Morgan fingerprint density at radius 3 is 2.33 bits per heavy atom. The fourth-order valence-electron chi connectivity index (χ4n) is 2.65. The molecule has 1 saturated heterocycles. The van der Waals surface area contributed by atoms with E-state index in [2.05, 4.69) is 5.32 Å². The molecule has 0 unspecified atom stereocenters. The van der Waals surface area contributed by atoms with E-state index in [1.54, 1.807) is 30.3 Å². The molecule has 1 radical (unpaired) electrons. The molecule has 129 valence electrons. The topological polar surface area (TPSA) is 83.6 Å². The molecule has 1 aromatic carbocycles. The Kier molecular flexibility index (Phi) is 6.84. The molecule has 0 spiro atoms. The Balaban J connectivity index is 2.02. The van der Waals surface area contributed by atoms with E-state index in [0.29, 0.717) is 25.1 Å². The minimum atomic E-state index is -4.07. The number of hydrogen-bond acceptors (Lipinski definition) is 4. The first-order chi connectivity index (χ1) is 11.5. The van der Waals surface area contributed by atoms with Gasteiger partial charge in [0.1, 0.15) is 0 Å². The van der Waals surface area contributed by atoms with Crippen molar-refractivity contribution in [1.82, 2.24) is 4.31 Å². The Hall–Kier alpha value is -1.83. The molecular formula is C16H22BN2O4S. The largest absolute Gasteiger partial charge is 0.423 e. The molecule has 0 saturated carbocycles. The number of amides is 2. The second kappa shape index (κ2) is 8.87. The van der Waals surface area contributed by atoms with Crippen molar-refractivity contribution in [1.29, 1.82) is 0 Å². The van der Waals surface area contributed by atoms with Crippen LogP contribution < -0.4 is 5.32 Å². The van der Waals surface area contributed by atoms with Crippen LogP contribution in [0.15, 0.2) is 30.3 Å². The van der Waals surface area contributed by atoms with Gasteiger partial charge in [0.15, 0.2) is 15.7 Å². The summed E-state index contributed by atoms with van der Waals surface area (Å²) in [6, 6.07) is 8.58. The molecule has 2 rings (SSSR count). The van der Waals surface area contributed by atoms with Crippen LogP contribution in [0.2, 0.25) is 0 Å². The van der Waals surface area contributed by atoms with Crippen LogP contribution in [-0.2, 0) is 14.7 Å². The van der Waals surface area contributed by atoms with Crippen molar-refractivity contribution in [3.63, 3.8) is 0 Å². The Labute approximate surface area is 143 Å². The SMILES string of the molecule is O=C([B]S(=O)(=O)N1CCCCCCCCC1=O)Nc1ccccc1. The summed E-state index contributed by atoms with van der Waals surface area (Å²) in [5, 5.41) is 2.49. The Morgan fingerprint density at radius 1 is 1.00 bits per heavy atom. The number of nitrogens with zero attached hydrogens (tertiary/aromatic N) is 1. The molecule has 1 heterocycles. The molecule has 1 fully saturated rings. The van der Waals surface area contributed by atoms with Gasteiger partial charge in [0.2, 0.25) is 5.91 Å². The molecule has 1 aliphatic rings. The van der Waals surface area contributed by atoms with E-state index in [4.69, 9.17) is 0 Å². The van der Waals surface area contributed by atoms with Crippen molar-refractivity contribution in [2.24, 2.45) is 0 Å². The summed E-state index contributed by atoms with van der Waals surface area (Å²) in [5.41, 5.74) is 0.501. The molecule has 24 heavy (non-hydrogen) atoms. The molecule has 2 amide bonds. The highest BCUT2D eigenvalue weighted by Crippen LogP contribution is 2.15. The van der Waals surface area contributed by atoms with Gasteiger partial charge in [0.05, 0.1) is 0 Å². The third-order valence-corrected chi connectivity index (χ3v) is 5.40. The third-order valence-electron chi connectivity index (χ3n) is 3.88. The van der Waals surface area contributed by atoms with Crippen molar-refractivity contribution in [3.8, 4) is 0 Å². The number of para-hydroxylation sites is 1. The lowest BCUT2D eigenvalue weighted by molar-refractivity contribution is -0.126. The van der Waals surface area contributed by atoms with Crippen molar-refractivity contribution in [2.45, 2.75) is 44.9 Å². The Bertz CT molecular complexity index is 664. The summed E-state index contributed by atoms with van der Waals surface area (Å²) in [6.45, 7) is 0.736. The van der Waals surface area contributed by atoms with E-state index >= 15 is 0 Å². The summed E-state index contributed by atoms with van der Waals surface area (Å²) in [4.78, 5) is 24.2.